The van der Waals surface area contributed by atoms with E-state index in [1.165, 1.54) is 0 Å². The Morgan fingerprint density at radius 2 is 1.61 bits per heavy atom. The zero-order valence-corrected chi connectivity index (χ0v) is 23.0. The molecule has 2 amide bonds. The highest BCUT2D eigenvalue weighted by molar-refractivity contribution is 5.95. The fourth-order valence-electron chi connectivity index (χ4n) is 6.11. The Morgan fingerprint density at radius 1 is 0.947 bits per heavy atom. The van der Waals surface area contributed by atoms with Crippen molar-refractivity contribution in [1.82, 2.24) is 19.6 Å². The van der Waals surface area contributed by atoms with Gasteiger partial charge in [0.2, 0.25) is 5.91 Å². The summed E-state index contributed by atoms with van der Waals surface area (Å²) in [5, 5.41) is 9.72. The molecule has 3 atom stereocenters. The van der Waals surface area contributed by atoms with Gasteiger partial charge in [0.05, 0.1) is 5.56 Å². The van der Waals surface area contributed by atoms with Crippen LogP contribution in [0.3, 0.4) is 0 Å². The molecular weight excluding hydrogens is 480 g/mol. The summed E-state index contributed by atoms with van der Waals surface area (Å²) >= 11 is 0. The van der Waals surface area contributed by atoms with E-state index >= 15 is 0 Å². The minimum absolute atomic E-state index is 0.0133. The Bertz CT molecular complexity index is 1150. The highest BCUT2D eigenvalue weighted by Crippen LogP contribution is 2.31. The lowest BCUT2D eigenvalue weighted by Crippen LogP contribution is -2.59. The van der Waals surface area contributed by atoms with Gasteiger partial charge in [0.1, 0.15) is 0 Å². The largest absolute Gasteiger partial charge is 0.478 e. The minimum Gasteiger partial charge on any atom is -0.478 e. The molecule has 0 spiro atoms. The molecule has 2 aliphatic heterocycles. The van der Waals surface area contributed by atoms with E-state index in [4.69, 9.17) is 0 Å². The van der Waals surface area contributed by atoms with Gasteiger partial charge in [-0.05, 0) is 49.6 Å². The predicted octanol–water partition coefficient (Wildman–Crippen LogP) is 3.74. The van der Waals surface area contributed by atoms with E-state index in [9.17, 15) is 19.5 Å². The van der Waals surface area contributed by atoms with Gasteiger partial charge in [-0.2, -0.15) is 0 Å². The topological polar surface area (TPSA) is 84.4 Å². The van der Waals surface area contributed by atoms with E-state index in [1.807, 2.05) is 40.1 Å². The summed E-state index contributed by atoms with van der Waals surface area (Å²) in [7, 11) is 0. The molecule has 2 aromatic carbocycles. The van der Waals surface area contributed by atoms with Crippen molar-refractivity contribution in [3.8, 4) is 0 Å². The van der Waals surface area contributed by atoms with Crippen LogP contribution in [0.4, 0.5) is 0 Å². The van der Waals surface area contributed by atoms with Crippen molar-refractivity contribution in [3.63, 3.8) is 0 Å². The van der Waals surface area contributed by atoms with Crippen LogP contribution < -0.4 is 0 Å². The number of carboxylic acids is 1. The molecule has 2 saturated heterocycles. The normalized spacial score (nSPS) is 21.8. The van der Waals surface area contributed by atoms with Gasteiger partial charge in [-0.1, -0.05) is 37.3 Å². The van der Waals surface area contributed by atoms with Crippen molar-refractivity contribution in [2.24, 2.45) is 0 Å². The van der Waals surface area contributed by atoms with Crippen molar-refractivity contribution in [3.05, 3.63) is 70.8 Å². The Morgan fingerprint density at radius 3 is 2.21 bits per heavy atom. The van der Waals surface area contributed by atoms with Gasteiger partial charge in [0.25, 0.3) is 5.91 Å². The standard InChI is InChI=1S/C30H40N4O4/c1-5-28(26-11-6-7-12-27(26)30(37)38)33-18-21(2)34(22(3)19-33)29(36)25-10-8-9-24(17-25)20-31-13-15-32(16-14-31)23(4)35/h6-12,17,21-22,28H,5,13-16,18-20H2,1-4H3,(H,37,38)/t21-,22+,28?. The average molecular weight is 521 g/mol. The van der Waals surface area contributed by atoms with Gasteiger partial charge in [-0.3, -0.25) is 19.4 Å². The number of aromatic carboxylic acids is 1. The minimum atomic E-state index is -0.908. The van der Waals surface area contributed by atoms with Crippen molar-refractivity contribution < 1.29 is 19.5 Å². The van der Waals surface area contributed by atoms with Gasteiger partial charge in [0, 0.05) is 76.4 Å². The van der Waals surface area contributed by atoms with Crippen molar-refractivity contribution in [2.75, 3.05) is 39.3 Å². The lowest BCUT2D eigenvalue weighted by Gasteiger charge is -2.47. The van der Waals surface area contributed by atoms with Crippen molar-refractivity contribution >= 4 is 17.8 Å². The second kappa shape index (κ2) is 12.1. The lowest BCUT2D eigenvalue weighted by atomic mass is 9.94. The Hall–Kier alpha value is -3.23. The van der Waals surface area contributed by atoms with Crippen LogP contribution in [-0.2, 0) is 11.3 Å². The maximum atomic E-state index is 13.7. The van der Waals surface area contributed by atoms with Crippen LogP contribution >= 0.6 is 0 Å². The summed E-state index contributed by atoms with van der Waals surface area (Å²) in [6, 6.07) is 15.1. The van der Waals surface area contributed by atoms with Crippen LogP contribution in [0, 0.1) is 0 Å². The third-order valence-electron chi connectivity index (χ3n) is 7.96. The molecule has 1 unspecified atom stereocenters. The van der Waals surface area contributed by atoms with Crippen LogP contribution in [0.2, 0.25) is 0 Å². The predicted molar refractivity (Wildman–Crippen MR) is 147 cm³/mol. The number of benzene rings is 2. The van der Waals surface area contributed by atoms with Crippen LogP contribution in [0.5, 0.6) is 0 Å². The molecule has 8 nitrogen and oxygen atoms in total. The molecular formula is C30H40N4O4. The summed E-state index contributed by atoms with van der Waals surface area (Å²) in [4.78, 5) is 45.7. The van der Waals surface area contributed by atoms with Crippen LogP contribution in [0.25, 0.3) is 0 Å². The molecule has 2 heterocycles. The van der Waals surface area contributed by atoms with Crippen molar-refractivity contribution in [2.45, 2.75) is 58.8 Å². The van der Waals surface area contributed by atoms with Gasteiger partial charge in [0.15, 0.2) is 0 Å². The van der Waals surface area contributed by atoms with Crippen LogP contribution in [0.15, 0.2) is 48.5 Å². The summed E-state index contributed by atoms with van der Waals surface area (Å²) in [6.07, 6.45) is 0.792. The average Bonchev–Trinajstić information content (AvgIpc) is 2.89. The summed E-state index contributed by atoms with van der Waals surface area (Å²) in [5.41, 5.74) is 2.97. The van der Waals surface area contributed by atoms with Crippen molar-refractivity contribution in [1.29, 1.82) is 0 Å². The Balaban J connectivity index is 1.44. The monoisotopic (exact) mass is 520 g/mol. The first kappa shape index (κ1) is 27.8. The molecule has 0 aliphatic carbocycles. The number of rotatable bonds is 7. The first-order chi connectivity index (χ1) is 18.2. The molecule has 0 aromatic heterocycles. The van der Waals surface area contributed by atoms with Gasteiger partial charge in [-0.25, -0.2) is 4.79 Å². The number of carboxylic acid groups (broad SMARTS) is 1. The van der Waals surface area contributed by atoms with E-state index in [1.54, 1.807) is 19.1 Å². The molecule has 0 saturated carbocycles. The van der Waals surface area contributed by atoms with E-state index in [-0.39, 0.29) is 29.9 Å². The maximum Gasteiger partial charge on any atom is 0.336 e. The van der Waals surface area contributed by atoms with E-state index in [0.29, 0.717) is 24.2 Å². The maximum absolute atomic E-state index is 13.7. The Kier molecular flexibility index (Phi) is 8.84. The molecule has 8 heteroatoms. The third kappa shape index (κ3) is 6.08. The SMILES string of the molecule is CCC(c1ccccc1C(=O)O)N1C[C@@H](C)N(C(=O)c2cccc(CN3CCN(C(C)=O)CC3)c2)[C@@H](C)C1. The highest BCUT2D eigenvalue weighted by atomic mass is 16.4. The second-order valence-electron chi connectivity index (χ2n) is 10.7. The first-order valence-corrected chi connectivity index (χ1v) is 13.6. The first-order valence-electron chi connectivity index (χ1n) is 13.6. The number of carbonyl (C=O) groups is 3. The number of nitrogens with zero attached hydrogens (tertiary/aromatic N) is 4. The molecule has 204 valence electrons. The molecule has 4 rings (SSSR count). The fourth-order valence-corrected chi connectivity index (χ4v) is 6.11. The van der Waals surface area contributed by atoms with Gasteiger partial charge >= 0.3 is 5.97 Å². The van der Waals surface area contributed by atoms with E-state index in [0.717, 1.165) is 50.3 Å². The smallest absolute Gasteiger partial charge is 0.336 e. The molecule has 38 heavy (non-hydrogen) atoms. The third-order valence-corrected chi connectivity index (χ3v) is 7.96. The number of carbonyl (C=O) groups excluding carboxylic acids is 2. The molecule has 2 aromatic rings. The fraction of sp³-hybridized carbons (Fsp3) is 0.500. The van der Waals surface area contributed by atoms with E-state index < -0.39 is 5.97 Å². The molecule has 2 aliphatic rings. The molecule has 1 N–H and O–H groups in total. The molecule has 2 fully saturated rings. The zero-order chi connectivity index (χ0) is 27.4. The number of piperazine rings is 2. The number of amides is 2. The van der Waals surface area contributed by atoms with Gasteiger partial charge in [-0.15, -0.1) is 0 Å². The Labute approximate surface area is 225 Å². The van der Waals surface area contributed by atoms with Crippen LogP contribution in [-0.4, -0.2) is 93.8 Å². The second-order valence-corrected chi connectivity index (χ2v) is 10.7. The lowest BCUT2D eigenvalue weighted by molar-refractivity contribution is -0.130. The van der Waals surface area contributed by atoms with E-state index in [2.05, 4.69) is 36.6 Å². The highest BCUT2D eigenvalue weighted by Gasteiger charge is 2.36. The summed E-state index contributed by atoms with van der Waals surface area (Å²) < 4.78 is 0. The zero-order valence-electron chi connectivity index (χ0n) is 23.0. The summed E-state index contributed by atoms with van der Waals surface area (Å²) in [5.74, 6) is -0.751. The number of hydrogen-bond acceptors (Lipinski definition) is 5. The van der Waals surface area contributed by atoms with Gasteiger partial charge < -0.3 is 14.9 Å². The quantitative estimate of drug-likeness (QED) is 0.599. The summed E-state index contributed by atoms with van der Waals surface area (Å²) in [6.45, 7) is 13.1. The number of hydrogen-bond donors (Lipinski definition) is 1. The molecule has 0 bridgehead atoms. The molecule has 0 radical (unpaired) electrons. The van der Waals surface area contributed by atoms with Crippen LogP contribution in [0.1, 0.15) is 72.0 Å².